The van der Waals surface area contributed by atoms with Gasteiger partial charge >= 0.3 is 0 Å². The van der Waals surface area contributed by atoms with Gasteiger partial charge in [-0.3, -0.25) is 0 Å². The van der Waals surface area contributed by atoms with Crippen molar-refractivity contribution >= 4 is 37.3 Å². The number of thiophene rings is 1. The highest BCUT2D eigenvalue weighted by molar-refractivity contribution is 9.10. The Bertz CT molecular complexity index is 862. The molecule has 0 atom stereocenters. The number of benzene rings is 1. The number of ether oxygens (including phenoxy) is 2. The summed E-state index contributed by atoms with van der Waals surface area (Å²) in [6, 6.07) is 5.22. The second-order valence-electron chi connectivity index (χ2n) is 5.38. The minimum absolute atomic E-state index is 0.223. The monoisotopic (exact) mass is 415 g/mol. The van der Waals surface area contributed by atoms with Gasteiger partial charge < -0.3 is 9.47 Å². The van der Waals surface area contributed by atoms with E-state index in [1.165, 1.54) is 9.18 Å². The van der Waals surface area contributed by atoms with Crippen LogP contribution in [0.5, 0.6) is 11.5 Å². The van der Waals surface area contributed by atoms with Crippen LogP contribution in [0.1, 0.15) is 10.4 Å². The first-order valence-electron chi connectivity index (χ1n) is 7.20. The van der Waals surface area contributed by atoms with E-state index in [9.17, 15) is 8.42 Å². The minimum Gasteiger partial charge on any atom is -0.486 e. The van der Waals surface area contributed by atoms with E-state index >= 15 is 0 Å². The number of hydrogen-bond acceptors (Lipinski definition) is 5. The summed E-state index contributed by atoms with van der Waals surface area (Å²) in [6.07, 6.45) is 0.758. The molecule has 0 fully saturated rings. The van der Waals surface area contributed by atoms with Crippen LogP contribution in [0.15, 0.2) is 32.9 Å². The Balaban J connectivity index is 1.72. The van der Waals surface area contributed by atoms with E-state index in [4.69, 9.17) is 9.47 Å². The van der Waals surface area contributed by atoms with Gasteiger partial charge in [-0.25, -0.2) is 8.42 Å². The third kappa shape index (κ3) is 2.67. The largest absolute Gasteiger partial charge is 0.486 e. The zero-order valence-corrected chi connectivity index (χ0v) is 15.3. The van der Waals surface area contributed by atoms with Crippen molar-refractivity contribution in [2.24, 2.45) is 0 Å². The molecule has 0 unspecified atom stereocenters. The summed E-state index contributed by atoms with van der Waals surface area (Å²) < 4.78 is 39.1. The summed E-state index contributed by atoms with van der Waals surface area (Å²) in [6.45, 7) is 1.81. The maximum absolute atomic E-state index is 13.0. The molecule has 0 saturated heterocycles. The van der Waals surface area contributed by atoms with Crippen molar-refractivity contribution in [2.75, 3.05) is 19.8 Å². The fourth-order valence-corrected chi connectivity index (χ4v) is 6.12. The summed E-state index contributed by atoms with van der Waals surface area (Å²) in [5, 5.41) is 2.01. The zero-order valence-electron chi connectivity index (χ0n) is 12.1. The van der Waals surface area contributed by atoms with Crippen molar-refractivity contribution in [2.45, 2.75) is 17.9 Å². The van der Waals surface area contributed by atoms with Crippen LogP contribution in [-0.2, 0) is 23.0 Å². The van der Waals surface area contributed by atoms with Crippen LogP contribution in [0.4, 0.5) is 0 Å². The lowest BCUT2D eigenvalue weighted by Gasteiger charge is -2.27. The lowest BCUT2D eigenvalue weighted by Crippen LogP contribution is -2.35. The summed E-state index contributed by atoms with van der Waals surface area (Å²) in [5.41, 5.74) is 1.10. The fourth-order valence-electron chi connectivity index (χ4n) is 2.81. The van der Waals surface area contributed by atoms with Gasteiger partial charge in [-0.1, -0.05) is 0 Å². The topological polar surface area (TPSA) is 55.8 Å². The van der Waals surface area contributed by atoms with Gasteiger partial charge in [-0.05, 0) is 45.4 Å². The Morgan fingerprint density at radius 3 is 2.70 bits per heavy atom. The van der Waals surface area contributed by atoms with Gasteiger partial charge in [-0.15, -0.1) is 11.3 Å². The van der Waals surface area contributed by atoms with Crippen LogP contribution in [0, 0.1) is 0 Å². The van der Waals surface area contributed by atoms with Crippen molar-refractivity contribution in [1.82, 2.24) is 4.31 Å². The average molecular weight is 416 g/mol. The molecule has 0 saturated carbocycles. The second-order valence-corrected chi connectivity index (χ2v) is 9.15. The average Bonchev–Trinajstić information content (AvgIpc) is 3.01. The maximum Gasteiger partial charge on any atom is 0.244 e. The van der Waals surface area contributed by atoms with Crippen molar-refractivity contribution in [3.63, 3.8) is 0 Å². The predicted octanol–water partition coefficient (Wildman–Crippen LogP) is 3.03. The first kappa shape index (κ1) is 15.4. The smallest absolute Gasteiger partial charge is 0.244 e. The third-order valence-corrected chi connectivity index (χ3v) is 7.81. The molecule has 4 rings (SSSR count). The highest BCUT2D eigenvalue weighted by Gasteiger charge is 2.31. The number of rotatable bonds is 2. The molecule has 122 valence electrons. The van der Waals surface area contributed by atoms with Crippen molar-refractivity contribution < 1.29 is 17.9 Å². The van der Waals surface area contributed by atoms with Gasteiger partial charge in [0.25, 0.3) is 0 Å². The third-order valence-electron chi connectivity index (χ3n) is 3.99. The number of halogens is 1. The first-order valence-corrected chi connectivity index (χ1v) is 10.3. The molecule has 0 aliphatic carbocycles. The molecule has 23 heavy (non-hydrogen) atoms. The van der Waals surface area contributed by atoms with E-state index in [0.717, 1.165) is 12.0 Å². The van der Waals surface area contributed by atoms with Crippen molar-refractivity contribution in [3.8, 4) is 11.5 Å². The van der Waals surface area contributed by atoms with Gasteiger partial charge in [0.1, 0.15) is 18.1 Å². The summed E-state index contributed by atoms with van der Waals surface area (Å²) in [5.74, 6) is 1.05. The van der Waals surface area contributed by atoms with E-state index in [1.54, 1.807) is 23.5 Å². The van der Waals surface area contributed by atoms with E-state index < -0.39 is 10.0 Å². The molecular formula is C15H14BrNO4S2. The van der Waals surface area contributed by atoms with Crippen LogP contribution >= 0.6 is 27.3 Å². The number of nitrogens with zero attached hydrogens (tertiary/aromatic N) is 1. The normalized spacial score (nSPS) is 17.8. The van der Waals surface area contributed by atoms with Gasteiger partial charge in [0, 0.05) is 28.5 Å². The van der Waals surface area contributed by atoms with E-state index in [2.05, 4.69) is 15.9 Å². The van der Waals surface area contributed by atoms with Gasteiger partial charge in [0.15, 0.2) is 11.5 Å². The number of fused-ring (bicyclic) bond motifs is 2. The van der Waals surface area contributed by atoms with E-state index in [-0.39, 0.29) is 4.90 Å². The van der Waals surface area contributed by atoms with E-state index in [1.807, 2.05) is 11.4 Å². The lowest BCUT2D eigenvalue weighted by molar-refractivity contribution is 0.171. The van der Waals surface area contributed by atoms with Crippen LogP contribution in [0.2, 0.25) is 0 Å². The summed E-state index contributed by atoms with van der Waals surface area (Å²) in [4.78, 5) is 1.50. The standard InChI is InChI=1S/C15H14BrNO4S2/c16-11-7-12-13(21-5-4-20-12)8-15(11)23(18,19)17-3-1-14-10(9-17)2-6-22-14/h2,6-8H,1,3-5,9H2. The van der Waals surface area contributed by atoms with Gasteiger partial charge in [0.05, 0.1) is 0 Å². The summed E-state index contributed by atoms with van der Waals surface area (Å²) in [7, 11) is -3.59. The quantitative estimate of drug-likeness (QED) is 0.756. The van der Waals surface area contributed by atoms with Crippen molar-refractivity contribution in [1.29, 1.82) is 0 Å². The Hall–Kier alpha value is -1.09. The molecule has 0 amide bonds. The zero-order chi connectivity index (χ0) is 16.0. The van der Waals surface area contributed by atoms with Crippen LogP contribution in [-0.4, -0.2) is 32.5 Å². The molecule has 1 aromatic heterocycles. The molecule has 2 aromatic rings. The van der Waals surface area contributed by atoms with E-state index in [0.29, 0.717) is 42.3 Å². The molecule has 1 aromatic carbocycles. The Kier molecular flexibility index (Phi) is 3.87. The molecular weight excluding hydrogens is 402 g/mol. The molecule has 2 aliphatic rings. The summed E-state index contributed by atoms with van der Waals surface area (Å²) >= 11 is 5.05. The predicted molar refractivity (Wildman–Crippen MR) is 90.8 cm³/mol. The fraction of sp³-hybridized carbons (Fsp3) is 0.333. The van der Waals surface area contributed by atoms with Gasteiger partial charge in [0.2, 0.25) is 10.0 Å². The lowest BCUT2D eigenvalue weighted by atomic mass is 10.1. The number of sulfonamides is 1. The molecule has 2 aliphatic heterocycles. The van der Waals surface area contributed by atoms with Crippen LogP contribution < -0.4 is 9.47 Å². The number of hydrogen-bond donors (Lipinski definition) is 0. The SMILES string of the molecule is O=S(=O)(c1cc2c(cc1Br)OCCO2)N1CCc2sccc2C1. The molecule has 0 radical (unpaired) electrons. The van der Waals surface area contributed by atoms with Gasteiger partial charge in [-0.2, -0.15) is 4.31 Å². The molecule has 0 N–H and O–H groups in total. The van der Waals surface area contributed by atoms with Crippen LogP contribution in [0.3, 0.4) is 0 Å². The second kappa shape index (κ2) is 5.77. The molecule has 8 heteroatoms. The molecule has 3 heterocycles. The van der Waals surface area contributed by atoms with Crippen LogP contribution in [0.25, 0.3) is 0 Å². The minimum atomic E-state index is -3.59. The molecule has 5 nitrogen and oxygen atoms in total. The van der Waals surface area contributed by atoms with Crippen molar-refractivity contribution in [3.05, 3.63) is 38.5 Å². The molecule has 0 spiro atoms. The first-order chi connectivity index (χ1) is 11.1. The highest BCUT2D eigenvalue weighted by Crippen LogP contribution is 2.39. The Morgan fingerprint density at radius 1 is 1.17 bits per heavy atom. The Labute approximate surface area is 147 Å². The highest BCUT2D eigenvalue weighted by atomic mass is 79.9. The molecule has 0 bridgehead atoms. The Morgan fingerprint density at radius 2 is 1.91 bits per heavy atom. The maximum atomic E-state index is 13.0.